The minimum Gasteiger partial charge on any atom is -0.462 e. The second kappa shape index (κ2) is 6.13. The number of thiazole rings is 1. The van der Waals surface area contributed by atoms with Crippen LogP contribution in [0.4, 0.5) is 5.13 Å². The molecule has 3 rings (SSSR count). The molecular weight excluding hydrogens is 286 g/mol. The van der Waals surface area contributed by atoms with Crippen LogP contribution in [0.2, 0.25) is 0 Å². The zero-order valence-corrected chi connectivity index (χ0v) is 12.7. The van der Waals surface area contributed by atoms with E-state index in [1.807, 2.05) is 35.5 Å². The highest BCUT2D eigenvalue weighted by Gasteiger charge is 2.20. The van der Waals surface area contributed by atoms with Gasteiger partial charge in [0.2, 0.25) is 5.91 Å². The molecule has 5 nitrogen and oxygen atoms in total. The van der Waals surface area contributed by atoms with E-state index in [-0.39, 0.29) is 5.91 Å². The number of furan rings is 1. The lowest BCUT2D eigenvalue weighted by atomic mass is 10.3. The molecule has 1 aliphatic rings. The van der Waals surface area contributed by atoms with Crippen LogP contribution >= 0.6 is 11.3 Å². The van der Waals surface area contributed by atoms with E-state index in [0.717, 1.165) is 37.1 Å². The molecule has 2 aromatic heterocycles. The molecule has 0 aliphatic carbocycles. The monoisotopic (exact) mass is 303 g/mol. The molecule has 1 amide bonds. The average molecular weight is 303 g/mol. The number of amides is 1. The molecule has 1 saturated heterocycles. The van der Waals surface area contributed by atoms with Crippen LogP contribution in [-0.4, -0.2) is 42.0 Å². The Balaban J connectivity index is 1.54. The molecule has 6 heteroatoms. The van der Waals surface area contributed by atoms with Gasteiger partial charge in [0.05, 0.1) is 0 Å². The van der Waals surface area contributed by atoms with Crippen molar-refractivity contribution in [3.8, 4) is 0 Å². The number of carbonyl (C=O) groups excluding carboxylic acids is 1. The van der Waals surface area contributed by atoms with Gasteiger partial charge in [0.1, 0.15) is 11.5 Å². The molecule has 0 bridgehead atoms. The summed E-state index contributed by atoms with van der Waals surface area (Å²) in [6.07, 6.45) is 5.12. The van der Waals surface area contributed by atoms with Gasteiger partial charge in [-0.3, -0.25) is 4.79 Å². The van der Waals surface area contributed by atoms with Crippen LogP contribution in [0.3, 0.4) is 0 Å². The van der Waals surface area contributed by atoms with Crippen molar-refractivity contribution in [3.63, 3.8) is 0 Å². The van der Waals surface area contributed by atoms with Crippen LogP contribution in [-0.2, 0) is 4.79 Å². The minimum atomic E-state index is 0.0304. The fraction of sp³-hybridized carbons (Fsp3) is 0.333. The van der Waals surface area contributed by atoms with Crippen LogP contribution in [0.15, 0.2) is 34.2 Å². The molecule has 21 heavy (non-hydrogen) atoms. The number of carbonyl (C=O) groups is 1. The lowest BCUT2D eigenvalue weighted by Crippen LogP contribution is -2.48. The highest BCUT2D eigenvalue weighted by molar-refractivity contribution is 7.13. The van der Waals surface area contributed by atoms with Gasteiger partial charge < -0.3 is 14.2 Å². The number of rotatable bonds is 3. The number of aryl methyl sites for hydroxylation is 1. The standard InChI is InChI=1S/C15H17N3O2S/c1-12-2-3-13(20-12)4-5-14(19)17-7-9-18(10-8-17)15-16-6-11-21-15/h2-6,11H,7-10H2,1H3/b5-4+. The first-order valence-corrected chi connectivity index (χ1v) is 7.78. The Morgan fingerprint density at radius 3 is 2.76 bits per heavy atom. The molecule has 0 unspecified atom stereocenters. The molecule has 110 valence electrons. The van der Waals surface area contributed by atoms with Gasteiger partial charge in [-0.05, 0) is 25.1 Å². The summed E-state index contributed by atoms with van der Waals surface area (Å²) in [7, 11) is 0. The number of nitrogens with zero attached hydrogens (tertiary/aromatic N) is 3. The second-order valence-electron chi connectivity index (χ2n) is 4.91. The highest BCUT2D eigenvalue weighted by Crippen LogP contribution is 2.19. The van der Waals surface area contributed by atoms with Gasteiger partial charge in [-0.25, -0.2) is 4.98 Å². The fourth-order valence-corrected chi connectivity index (χ4v) is 2.99. The maximum Gasteiger partial charge on any atom is 0.246 e. The minimum absolute atomic E-state index is 0.0304. The molecule has 0 atom stereocenters. The predicted molar refractivity (Wildman–Crippen MR) is 83.4 cm³/mol. The molecule has 1 aliphatic heterocycles. The molecule has 0 aromatic carbocycles. The van der Waals surface area contributed by atoms with Gasteiger partial charge in [0, 0.05) is 43.8 Å². The summed E-state index contributed by atoms with van der Waals surface area (Å²) in [5.74, 6) is 1.59. The van der Waals surface area contributed by atoms with Crippen LogP contribution < -0.4 is 4.90 Å². The van der Waals surface area contributed by atoms with Gasteiger partial charge >= 0.3 is 0 Å². The summed E-state index contributed by atoms with van der Waals surface area (Å²) in [5, 5.41) is 3.00. The van der Waals surface area contributed by atoms with Crippen LogP contribution in [0.5, 0.6) is 0 Å². The van der Waals surface area contributed by atoms with Gasteiger partial charge in [-0.1, -0.05) is 0 Å². The zero-order valence-electron chi connectivity index (χ0n) is 11.9. The van der Waals surface area contributed by atoms with Crippen LogP contribution in [0.25, 0.3) is 6.08 Å². The van der Waals surface area contributed by atoms with Crippen molar-refractivity contribution >= 4 is 28.5 Å². The molecule has 0 N–H and O–H groups in total. The molecular formula is C15H17N3O2S. The maximum atomic E-state index is 12.1. The third kappa shape index (κ3) is 3.33. The first kappa shape index (κ1) is 13.9. The molecule has 1 fully saturated rings. The van der Waals surface area contributed by atoms with E-state index < -0.39 is 0 Å². The average Bonchev–Trinajstić information content (AvgIpc) is 3.16. The molecule has 2 aromatic rings. The van der Waals surface area contributed by atoms with Crippen molar-refractivity contribution in [2.24, 2.45) is 0 Å². The number of anilines is 1. The molecule has 3 heterocycles. The van der Waals surface area contributed by atoms with Crippen LogP contribution in [0.1, 0.15) is 11.5 Å². The largest absolute Gasteiger partial charge is 0.462 e. The SMILES string of the molecule is Cc1ccc(/C=C/C(=O)N2CCN(c3nccs3)CC2)o1. The maximum absolute atomic E-state index is 12.1. The molecule has 0 spiro atoms. The summed E-state index contributed by atoms with van der Waals surface area (Å²) >= 11 is 1.63. The van der Waals surface area contributed by atoms with E-state index in [1.54, 1.807) is 23.5 Å². The van der Waals surface area contributed by atoms with Crippen molar-refractivity contribution in [2.75, 3.05) is 31.1 Å². The normalized spacial score (nSPS) is 15.9. The van der Waals surface area contributed by atoms with Crippen molar-refractivity contribution in [2.45, 2.75) is 6.92 Å². The van der Waals surface area contributed by atoms with E-state index in [2.05, 4.69) is 9.88 Å². The first-order valence-electron chi connectivity index (χ1n) is 6.90. The third-order valence-corrected chi connectivity index (χ3v) is 4.26. The van der Waals surface area contributed by atoms with Gasteiger partial charge in [0.15, 0.2) is 5.13 Å². The van der Waals surface area contributed by atoms with Gasteiger partial charge in [0.25, 0.3) is 0 Å². The summed E-state index contributed by atoms with van der Waals surface area (Å²) in [6.45, 7) is 4.98. The third-order valence-electron chi connectivity index (χ3n) is 3.43. The highest BCUT2D eigenvalue weighted by atomic mass is 32.1. The Morgan fingerprint density at radius 1 is 1.33 bits per heavy atom. The summed E-state index contributed by atoms with van der Waals surface area (Å²) in [5.41, 5.74) is 0. The van der Waals surface area contributed by atoms with E-state index in [9.17, 15) is 4.79 Å². The Morgan fingerprint density at radius 2 is 2.14 bits per heavy atom. The smallest absolute Gasteiger partial charge is 0.246 e. The quantitative estimate of drug-likeness (QED) is 0.817. The Bertz CT molecular complexity index is 625. The first-order chi connectivity index (χ1) is 10.2. The molecule has 0 radical (unpaired) electrons. The second-order valence-corrected chi connectivity index (χ2v) is 5.78. The van der Waals surface area contributed by atoms with Gasteiger partial charge in [-0.2, -0.15) is 0 Å². The Kier molecular flexibility index (Phi) is 4.06. The lowest BCUT2D eigenvalue weighted by molar-refractivity contribution is -0.126. The summed E-state index contributed by atoms with van der Waals surface area (Å²) in [4.78, 5) is 20.5. The Labute approximate surface area is 127 Å². The van der Waals surface area contributed by atoms with Crippen molar-refractivity contribution in [1.82, 2.24) is 9.88 Å². The number of hydrogen-bond donors (Lipinski definition) is 0. The topological polar surface area (TPSA) is 49.6 Å². The van der Waals surface area contributed by atoms with E-state index in [1.165, 1.54) is 0 Å². The van der Waals surface area contributed by atoms with E-state index >= 15 is 0 Å². The predicted octanol–water partition coefficient (Wildman–Crippen LogP) is 2.41. The van der Waals surface area contributed by atoms with Crippen molar-refractivity contribution in [3.05, 3.63) is 41.3 Å². The Hall–Kier alpha value is -2.08. The zero-order chi connectivity index (χ0) is 14.7. The fourth-order valence-electron chi connectivity index (χ4n) is 2.29. The van der Waals surface area contributed by atoms with Crippen molar-refractivity contribution in [1.29, 1.82) is 0 Å². The number of hydrogen-bond acceptors (Lipinski definition) is 5. The summed E-state index contributed by atoms with van der Waals surface area (Å²) < 4.78 is 5.41. The number of aromatic nitrogens is 1. The van der Waals surface area contributed by atoms with Crippen LogP contribution in [0, 0.1) is 6.92 Å². The summed E-state index contributed by atoms with van der Waals surface area (Å²) in [6, 6.07) is 3.75. The van der Waals surface area contributed by atoms with E-state index in [4.69, 9.17) is 4.42 Å². The van der Waals surface area contributed by atoms with E-state index in [0.29, 0.717) is 5.76 Å². The molecule has 0 saturated carbocycles. The lowest BCUT2D eigenvalue weighted by Gasteiger charge is -2.34. The number of piperazine rings is 1. The van der Waals surface area contributed by atoms with Gasteiger partial charge in [-0.15, -0.1) is 11.3 Å². The van der Waals surface area contributed by atoms with Crippen molar-refractivity contribution < 1.29 is 9.21 Å².